The van der Waals surface area contributed by atoms with Crippen LogP contribution in [-0.2, 0) is 0 Å². The summed E-state index contributed by atoms with van der Waals surface area (Å²) in [6, 6.07) is 12.7. The van der Waals surface area contributed by atoms with Gasteiger partial charge in [-0.3, -0.25) is 14.2 Å². The maximum absolute atomic E-state index is 12.3. The van der Waals surface area contributed by atoms with Gasteiger partial charge in [-0.2, -0.15) is 0 Å². The SMILES string of the molecule is Cc1ccc(-n2c(=O)ccc3cc(C(=O)N(C)C)[nH]c32)cc1. The monoisotopic (exact) mass is 295 g/mol. The molecule has 0 saturated carbocycles. The molecule has 112 valence electrons. The molecule has 3 rings (SSSR count). The molecule has 5 nitrogen and oxygen atoms in total. The second-order valence-electron chi connectivity index (χ2n) is 5.53. The van der Waals surface area contributed by atoms with Gasteiger partial charge in [0.05, 0.1) is 5.69 Å². The van der Waals surface area contributed by atoms with Crippen LogP contribution >= 0.6 is 0 Å². The lowest BCUT2D eigenvalue weighted by Gasteiger charge is -2.09. The zero-order valence-electron chi connectivity index (χ0n) is 12.8. The highest BCUT2D eigenvalue weighted by Crippen LogP contribution is 2.18. The van der Waals surface area contributed by atoms with Gasteiger partial charge in [0.1, 0.15) is 11.3 Å². The summed E-state index contributed by atoms with van der Waals surface area (Å²) in [6.07, 6.45) is 0. The molecule has 1 N–H and O–H groups in total. The van der Waals surface area contributed by atoms with Crippen molar-refractivity contribution in [1.29, 1.82) is 0 Å². The topological polar surface area (TPSA) is 58.1 Å². The molecule has 2 heterocycles. The summed E-state index contributed by atoms with van der Waals surface area (Å²) in [6.45, 7) is 2.00. The molecule has 0 radical (unpaired) electrons. The van der Waals surface area contributed by atoms with Gasteiger partial charge in [-0.1, -0.05) is 17.7 Å². The summed E-state index contributed by atoms with van der Waals surface area (Å²) >= 11 is 0. The lowest BCUT2D eigenvalue weighted by Crippen LogP contribution is -2.22. The number of amides is 1. The number of nitrogens with one attached hydrogen (secondary N) is 1. The molecule has 0 unspecified atom stereocenters. The van der Waals surface area contributed by atoms with Crippen molar-refractivity contribution in [2.75, 3.05) is 14.1 Å². The Morgan fingerprint density at radius 1 is 1.09 bits per heavy atom. The van der Waals surface area contributed by atoms with Crippen molar-refractivity contribution in [3.8, 4) is 5.69 Å². The van der Waals surface area contributed by atoms with Crippen LogP contribution in [0.2, 0.25) is 0 Å². The molecule has 2 aromatic heterocycles. The first-order valence-corrected chi connectivity index (χ1v) is 7.01. The summed E-state index contributed by atoms with van der Waals surface area (Å²) in [5.41, 5.74) is 2.85. The third kappa shape index (κ3) is 2.30. The Kier molecular flexibility index (Phi) is 3.33. The number of pyridine rings is 1. The van der Waals surface area contributed by atoms with Gasteiger partial charge in [0, 0.05) is 25.5 Å². The number of aromatic amines is 1. The van der Waals surface area contributed by atoms with Crippen molar-refractivity contribution < 1.29 is 4.79 Å². The number of aryl methyl sites for hydroxylation is 1. The number of benzene rings is 1. The number of aromatic nitrogens is 2. The highest BCUT2D eigenvalue weighted by atomic mass is 16.2. The van der Waals surface area contributed by atoms with E-state index in [1.165, 1.54) is 11.0 Å². The maximum Gasteiger partial charge on any atom is 0.269 e. The van der Waals surface area contributed by atoms with Crippen molar-refractivity contribution in [1.82, 2.24) is 14.5 Å². The van der Waals surface area contributed by atoms with Crippen LogP contribution in [0.3, 0.4) is 0 Å². The highest BCUT2D eigenvalue weighted by Gasteiger charge is 2.14. The van der Waals surface area contributed by atoms with E-state index in [-0.39, 0.29) is 11.5 Å². The standard InChI is InChI=1S/C17H17N3O2/c1-11-4-7-13(8-5-11)20-15(21)9-6-12-10-14(18-16(12)20)17(22)19(2)3/h4-10,18H,1-3H3. The van der Waals surface area contributed by atoms with E-state index in [4.69, 9.17) is 0 Å². The fraction of sp³-hybridized carbons (Fsp3) is 0.176. The normalized spacial score (nSPS) is 10.9. The third-order valence-electron chi connectivity index (χ3n) is 3.60. The Balaban J connectivity index is 2.25. The summed E-state index contributed by atoms with van der Waals surface area (Å²) in [5.74, 6) is -0.126. The van der Waals surface area contributed by atoms with Gasteiger partial charge in [-0.15, -0.1) is 0 Å². The first kappa shape index (κ1) is 14.1. The second kappa shape index (κ2) is 5.18. The first-order chi connectivity index (χ1) is 10.5. The zero-order chi connectivity index (χ0) is 15.9. The third-order valence-corrected chi connectivity index (χ3v) is 3.60. The minimum absolute atomic E-state index is 0.126. The van der Waals surface area contributed by atoms with Crippen molar-refractivity contribution >= 4 is 16.9 Å². The van der Waals surface area contributed by atoms with Gasteiger partial charge >= 0.3 is 0 Å². The summed E-state index contributed by atoms with van der Waals surface area (Å²) in [5, 5.41) is 0.824. The number of rotatable bonds is 2. The molecule has 0 atom stereocenters. The minimum Gasteiger partial charge on any atom is -0.344 e. The molecular weight excluding hydrogens is 278 g/mol. The van der Waals surface area contributed by atoms with Gasteiger partial charge < -0.3 is 9.88 Å². The van der Waals surface area contributed by atoms with Gasteiger partial charge in [0.25, 0.3) is 11.5 Å². The van der Waals surface area contributed by atoms with Gasteiger partial charge in [0.15, 0.2) is 0 Å². The highest BCUT2D eigenvalue weighted by molar-refractivity contribution is 5.97. The molecule has 1 aromatic carbocycles. The number of hydrogen-bond acceptors (Lipinski definition) is 2. The van der Waals surface area contributed by atoms with Crippen molar-refractivity contribution in [2.24, 2.45) is 0 Å². The van der Waals surface area contributed by atoms with E-state index in [1.807, 2.05) is 31.2 Å². The van der Waals surface area contributed by atoms with Crippen LogP contribution < -0.4 is 5.56 Å². The summed E-state index contributed by atoms with van der Waals surface area (Å²) in [7, 11) is 3.39. The summed E-state index contributed by atoms with van der Waals surface area (Å²) in [4.78, 5) is 28.9. The first-order valence-electron chi connectivity index (χ1n) is 7.01. The fourth-order valence-electron chi connectivity index (χ4n) is 2.42. The van der Waals surface area contributed by atoms with Crippen molar-refractivity contribution in [3.05, 3.63) is 64.1 Å². The van der Waals surface area contributed by atoms with E-state index < -0.39 is 0 Å². The molecule has 3 aromatic rings. The van der Waals surface area contributed by atoms with Crippen LogP contribution in [0.5, 0.6) is 0 Å². The molecule has 0 aliphatic rings. The zero-order valence-corrected chi connectivity index (χ0v) is 12.8. The number of carbonyl (C=O) groups is 1. The Labute approximate surface area is 127 Å². The van der Waals surface area contributed by atoms with Crippen LogP contribution in [0.25, 0.3) is 16.7 Å². The van der Waals surface area contributed by atoms with E-state index in [0.717, 1.165) is 16.6 Å². The molecule has 0 bridgehead atoms. The van der Waals surface area contributed by atoms with E-state index in [9.17, 15) is 9.59 Å². The molecule has 0 saturated heterocycles. The van der Waals surface area contributed by atoms with Crippen LogP contribution in [0.15, 0.2) is 47.3 Å². The molecule has 22 heavy (non-hydrogen) atoms. The quantitative estimate of drug-likeness (QED) is 0.789. The lowest BCUT2D eigenvalue weighted by molar-refractivity contribution is 0.0823. The smallest absolute Gasteiger partial charge is 0.269 e. The molecule has 5 heteroatoms. The number of carbonyl (C=O) groups excluding carboxylic acids is 1. The molecular formula is C17H17N3O2. The average Bonchev–Trinajstić information content (AvgIpc) is 2.91. The van der Waals surface area contributed by atoms with Gasteiger partial charge in [0.2, 0.25) is 0 Å². The molecule has 0 fully saturated rings. The van der Waals surface area contributed by atoms with Crippen LogP contribution in [0, 0.1) is 6.92 Å². The number of H-pyrrole nitrogens is 1. The Hall–Kier alpha value is -2.82. The number of hydrogen-bond donors (Lipinski definition) is 1. The number of fused-ring (bicyclic) bond motifs is 1. The Morgan fingerprint density at radius 2 is 1.77 bits per heavy atom. The van der Waals surface area contributed by atoms with Crippen molar-refractivity contribution in [2.45, 2.75) is 6.92 Å². The van der Waals surface area contributed by atoms with Crippen molar-refractivity contribution in [3.63, 3.8) is 0 Å². The lowest BCUT2D eigenvalue weighted by atomic mass is 10.2. The van der Waals surface area contributed by atoms with E-state index in [2.05, 4.69) is 4.98 Å². The fourth-order valence-corrected chi connectivity index (χ4v) is 2.42. The van der Waals surface area contributed by atoms with Gasteiger partial charge in [-0.05, 0) is 31.2 Å². The molecule has 0 aliphatic carbocycles. The molecule has 0 spiro atoms. The molecule has 1 amide bonds. The predicted molar refractivity (Wildman–Crippen MR) is 86.7 cm³/mol. The minimum atomic E-state index is -0.137. The Bertz CT molecular complexity index is 902. The van der Waals surface area contributed by atoms with Crippen LogP contribution in [0.4, 0.5) is 0 Å². The summed E-state index contributed by atoms with van der Waals surface area (Å²) < 4.78 is 1.58. The largest absolute Gasteiger partial charge is 0.344 e. The van der Waals surface area contributed by atoms with E-state index in [1.54, 1.807) is 30.8 Å². The molecule has 0 aliphatic heterocycles. The Morgan fingerprint density at radius 3 is 2.41 bits per heavy atom. The van der Waals surface area contributed by atoms with Crippen LogP contribution in [-0.4, -0.2) is 34.5 Å². The number of nitrogens with zero attached hydrogens (tertiary/aromatic N) is 2. The van der Waals surface area contributed by atoms with Gasteiger partial charge in [-0.25, -0.2) is 0 Å². The van der Waals surface area contributed by atoms with Crippen LogP contribution in [0.1, 0.15) is 16.1 Å². The maximum atomic E-state index is 12.3. The van der Waals surface area contributed by atoms with E-state index >= 15 is 0 Å². The van der Waals surface area contributed by atoms with E-state index in [0.29, 0.717) is 11.3 Å². The predicted octanol–water partition coefficient (Wildman–Crippen LogP) is 2.33. The average molecular weight is 295 g/mol. The second-order valence-corrected chi connectivity index (χ2v) is 5.53.